The van der Waals surface area contributed by atoms with Crippen molar-refractivity contribution in [1.29, 1.82) is 0 Å². The van der Waals surface area contributed by atoms with Crippen LogP contribution in [-0.4, -0.2) is 17.6 Å². The third-order valence-corrected chi connectivity index (χ3v) is 3.13. The second-order valence-electron chi connectivity index (χ2n) is 4.61. The largest absolute Gasteiger partial charge is 0.478 e. The van der Waals surface area contributed by atoms with E-state index in [0.717, 1.165) is 11.1 Å². The molecule has 0 saturated heterocycles. The van der Waals surface area contributed by atoms with Crippen molar-refractivity contribution in [2.24, 2.45) is 0 Å². The van der Waals surface area contributed by atoms with Gasteiger partial charge < -0.3 is 10.4 Å². The average Bonchev–Trinajstić information content (AvgIpc) is 2.42. The number of anilines is 1. The number of carboxylic acid groups (broad SMARTS) is 1. The van der Waals surface area contributed by atoms with E-state index in [9.17, 15) is 9.18 Å². The number of para-hydroxylation sites is 1. The van der Waals surface area contributed by atoms with Crippen LogP contribution in [0.3, 0.4) is 0 Å². The van der Waals surface area contributed by atoms with Crippen LogP contribution in [0, 0.1) is 12.7 Å². The highest BCUT2D eigenvalue weighted by atomic mass is 19.1. The molecule has 3 nitrogen and oxygen atoms in total. The lowest BCUT2D eigenvalue weighted by Gasteiger charge is -2.12. The zero-order valence-electron chi connectivity index (χ0n) is 11.2. The number of carbonyl (C=O) groups is 1. The van der Waals surface area contributed by atoms with E-state index in [2.05, 4.69) is 5.32 Å². The normalized spacial score (nSPS) is 10.3. The van der Waals surface area contributed by atoms with Crippen molar-refractivity contribution in [2.75, 3.05) is 11.9 Å². The van der Waals surface area contributed by atoms with Gasteiger partial charge in [0.25, 0.3) is 0 Å². The van der Waals surface area contributed by atoms with E-state index < -0.39 is 5.97 Å². The summed E-state index contributed by atoms with van der Waals surface area (Å²) in [4.78, 5) is 11.2. The van der Waals surface area contributed by atoms with Crippen LogP contribution in [0.2, 0.25) is 0 Å². The fraction of sp³-hybridized carbons (Fsp3) is 0.188. The maximum Gasteiger partial charge on any atom is 0.337 e. The summed E-state index contributed by atoms with van der Waals surface area (Å²) in [5, 5.41) is 12.3. The van der Waals surface area contributed by atoms with E-state index in [-0.39, 0.29) is 11.4 Å². The van der Waals surface area contributed by atoms with Gasteiger partial charge in [-0.25, -0.2) is 9.18 Å². The Morgan fingerprint density at radius 1 is 1.20 bits per heavy atom. The molecule has 0 radical (unpaired) electrons. The van der Waals surface area contributed by atoms with Gasteiger partial charge in [-0.1, -0.05) is 24.3 Å². The molecule has 0 aliphatic carbocycles. The second kappa shape index (κ2) is 6.19. The van der Waals surface area contributed by atoms with Crippen LogP contribution in [0.5, 0.6) is 0 Å². The molecule has 4 heteroatoms. The number of benzene rings is 2. The zero-order chi connectivity index (χ0) is 14.5. The number of hydrogen-bond donors (Lipinski definition) is 2. The third kappa shape index (κ3) is 3.35. The molecule has 0 aliphatic rings. The molecule has 2 aromatic rings. The molecule has 20 heavy (non-hydrogen) atoms. The van der Waals surface area contributed by atoms with Crippen molar-refractivity contribution in [2.45, 2.75) is 13.3 Å². The van der Waals surface area contributed by atoms with Gasteiger partial charge in [0.1, 0.15) is 5.82 Å². The molecule has 0 unspecified atom stereocenters. The van der Waals surface area contributed by atoms with E-state index in [0.29, 0.717) is 18.7 Å². The lowest BCUT2D eigenvalue weighted by atomic mass is 10.1. The fourth-order valence-corrected chi connectivity index (χ4v) is 2.06. The van der Waals surface area contributed by atoms with Gasteiger partial charge in [-0.15, -0.1) is 0 Å². The molecule has 0 amide bonds. The Labute approximate surface area is 117 Å². The van der Waals surface area contributed by atoms with E-state index in [1.54, 1.807) is 24.3 Å². The van der Waals surface area contributed by atoms with Crippen molar-refractivity contribution >= 4 is 11.7 Å². The molecule has 0 saturated carbocycles. The number of aromatic carboxylic acids is 1. The Kier molecular flexibility index (Phi) is 4.35. The van der Waals surface area contributed by atoms with Crippen molar-refractivity contribution in [3.8, 4) is 0 Å². The van der Waals surface area contributed by atoms with Crippen LogP contribution in [-0.2, 0) is 6.42 Å². The van der Waals surface area contributed by atoms with Crippen LogP contribution < -0.4 is 5.32 Å². The SMILES string of the molecule is Cc1cccc(C(=O)O)c1NCCc1ccc(F)cc1. The molecule has 2 rings (SSSR count). The molecule has 0 fully saturated rings. The molecule has 0 spiro atoms. The Morgan fingerprint density at radius 2 is 1.90 bits per heavy atom. The summed E-state index contributed by atoms with van der Waals surface area (Å²) in [5.74, 6) is -1.20. The zero-order valence-corrected chi connectivity index (χ0v) is 11.2. The van der Waals surface area contributed by atoms with Crippen molar-refractivity contribution < 1.29 is 14.3 Å². The summed E-state index contributed by atoms with van der Waals surface area (Å²) in [6.07, 6.45) is 0.702. The quantitative estimate of drug-likeness (QED) is 0.876. The van der Waals surface area contributed by atoms with E-state index in [1.807, 2.05) is 13.0 Å². The maximum absolute atomic E-state index is 12.8. The Balaban J connectivity index is 2.04. The number of hydrogen-bond acceptors (Lipinski definition) is 2. The summed E-state index contributed by atoms with van der Waals surface area (Å²) < 4.78 is 12.8. The molecule has 0 aromatic heterocycles. The number of halogens is 1. The lowest BCUT2D eigenvalue weighted by Crippen LogP contribution is -2.10. The smallest absolute Gasteiger partial charge is 0.337 e. The maximum atomic E-state index is 12.8. The number of carboxylic acids is 1. The van der Waals surface area contributed by atoms with Gasteiger partial charge in [-0.2, -0.15) is 0 Å². The minimum atomic E-state index is -0.946. The van der Waals surface area contributed by atoms with Crippen molar-refractivity contribution in [3.63, 3.8) is 0 Å². The number of nitrogens with one attached hydrogen (secondary N) is 1. The number of aryl methyl sites for hydroxylation is 1. The van der Waals surface area contributed by atoms with E-state index in [4.69, 9.17) is 5.11 Å². The standard InChI is InChI=1S/C16H16FNO2/c1-11-3-2-4-14(16(19)20)15(11)18-10-9-12-5-7-13(17)8-6-12/h2-8,18H,9-10H2,1H3,(H,19,20). The van der Waals surface area contributed by atoms with Crippen LogP contribution in [0.15, 0.2) is 42.5 Å². The molecule has 104 valence electrons. The Morgan fingerprint density at radius 3 is 2.55 bits per heavy atom. The van der Waals surface area contributed by atoms with Gasteiger partial charge in [-0.3, -0.25) is 0 Å². The Hall–Kier alpha value is -2.36. The first-order valence-electron chi connectivity index (χ1n) is 6.39. The molecule has 0 heterocycles. The topological polar surface area (TPSA) is 49.3 Å². The van der Waals surface area contributed by atoms with Gasteiger partial charge >= 0.3 is 5.97 Å². The summed E-state index contributed by atoms with van der Waals surface area (Å²) in [6, 6.07) is 11.5. The predicted octanol–water partition coefficient (Wildman–Crippen LogP) is 3.49. The van der Waals surface area contributed by atoms with Crippen LogP contribution >= 0.6 is 0 Å². The predicted molar refractivity (Wildman–Crippen MR) is 76.7 cm³/mol. The van der Waals surface area contributed by atoms with Gasteiger partial charge in [-0.05, 0) is 42.7 Å². The third-order valence-electron chi connectivity index (χ3n) is 3.13. The highest BCUT2D eigenvalue weighted by Gasteiger charge is 2.11. The van der Waals surface area contributed by atoms with Crippen molar-refractivity contribution in [1.82, 2.24) is 0 Å². The Bertz CT molecular complexity index is 608. The number of rotatable bonds is 5. The summed E-state index contributed by atoms with van der Waals surface area (Å²) in [7, 11) is 0. The van der Waals surface area contributed by atoms with Crippen LogP contribution in [0.4, 0.5) is 10.1 Å². The minimum absolute atomic E-state index is 0.256. The van der Waals surface area contributed by atoms with E-state index >= 15 is 0 Å². The van der Waals surface area contributed by atoms with Gasteiger partial charge in [0.2, 0.25) is 0 Å². The van der Waals surface area contributed by atoms with Gasteiger partial charge in [0.15, 0.2) is 0 Å². The molecular formula is C16H16FNO2. The molecule has 2 N–H and O–H groups in total. The summed E-state index contributed by atoms with van der Waals surface area (Å²) in [5.41, 5.74) is 2.81. The second-order valence-corrected chi connectivity index (χ2v) is 4.61. The van der Waals surface area contributed by atoms with Gasteiger partial charge in [0, 0.05) is 6.54 Å². The fourth-order valence-electron chi connectivity index (χ4n) is 2.06. The molecule has 0 atom stereocenters. The minimum Gasteiger partial charge on any atom is -0.478 e. The van der Waals surface area contributed by atoms with Crippen molar-refractivity contribution in [3.05, 3.63) is 65.0 Å². The molecular weight excluding hydrogens is 257 g/mol. The van der Waals surface area contributed by atoms with Crippen LogP contribution in [0.1, 0.15) is 21.5 Å². The first-order valence-corrected chi connectivity index (χ1v) is 6.39. The lowest BCUT2D eigenvalue weighted by molar-refractivity contribution is 0.0698. The summed E-state index contributed by atoms with van der Waals surface area (Å²) in [6.45, 7) is 2.46. The highest BCUT2D eigenvalue weighted by molar-refractivity contribution is 5.95. The highest BCUT2D eigenvalue weighted by Crippen LogP contribution is 2.20. The first kappa shape index (κ1) is 14.1. The molecule has 0 bridgehead atoms. The first-order chi connectivity index (χ1) is 9.58. The molecule has 0 aliphatic heterocycles. The van der Waals surface area contributed by atoms with Gasteiger partial charge in [0.05, 0.1) is 11.3 Å². The monoisotopic (exact) mass is 273 g/mol. The molecule has 2 aromatic carbocycles. The summed E-state index contributed by atoms with van der Waals surface area (Å²) >= 11 is 0. The average molecular weight is 273 g/mol. The van der Waals surface area contributed by atoms with Crippen LogP contribution in [0.25, 0.3) is 0 Å². The van der Waals surface area contributed by atoms with E-state index in [1.165, 1.54) is 12.1 Å².